The van der Waals surface area contributed by atoms with Gasteiger partial charge in [0, 0.05) is 40.6 Å². The average Bonchev–Trinajstić information content (AvgIpc) is 2.80. The van der Waals surface area contributed by atoms with Gasteiger partial charge in [-0.3, -0.25) is 0 Å². The van der Waals surface area contributed by atoms with Crippen molar-refractivity contribution in [1.29, 1.82) is 0 Å². The van der Waals surface area contributed by atoms with Gasteiger partial charge in [0.15, 0.2) is 0 Å². The molecule has 1 heterocycles. The van der Waals surface area contributed by atoms with E-state index in [0.29, 0.717) is 16.7 Å². The van der Waals surface area contributed by atoms with Gasteiger partial charge in [-0.05, 0) is 72.3 Å². The molecule has 1 aliphatic carbocycles. The highest BCUT2D eigenvalue weighted by Crippen LogP contribution is 2.43. The average molecular weight is 462 g/mol. The number of nitrogens with one attached hydrogen (secondary N) is 1. The fourth-order valence-corrected chi connectivity index (χ4v) is 4.19. The van der Waals surface area contributed by atoms with Crippen molar-refractivity contribution in [1.82, 2.24) is 0 Å². The van der Waals surface area contributed by atoms with Crippen molar-refractivity contribution >= 4 is 51.7 Å². The van der Waals surface area contributed by atoms with E-state index in [-0.39, 0.29) is 0 Å². The Morgan fingerprint density at radius 3 is 2.41 bits per heavy atom. The Kier molecular flexibility index (Phi) is 5.75. The van der Waals surface area contributed by atoms with Crippen LogP contribution in [0.4, 0.5) is 22.7 Å². The van der Waals surface area contributed by atoms with Crippen LogP contribution < -0.4 is 10.2 Å². The van der Waals surface area contributed by atoms with Crippen molar-refractivity contribution in [3.05, 3.63) is 106 Å². The second-order valence-corrected chi connectivity index (χ2v) is 8.53. The summed E-state index contributed by atoms with van der Waals surface area (Å²) in [4.78, 5) is 7.23. The Morgan fingerprint density at radius 2 is 1.69 bits per heavy atom. The van der Waals surface area contributed by atoms with E-state index >= 15 is 0 Å². The molecule has 0 bridgehead atoms. The summed E-state index contributed by atoms with van der Waals surface area (Å²) >= 11 is 12.2. The molecule has 0 atom stereocenters. The minimum atomic E-state index is 0.543. The highest BCUT2D eigenvalue weighted by atomic mass is 35.5. The zero-order valence-electron chi connectivity index (χ0n) is 17.5. The maximum atomic E-state index is 6.15. The lowest BCUT2D eigenvalue weighted by molar-refractivity contribution is 0.185. The Labute approximate surface area is 197 Å². The fraction of sp³-hybridized carbons (Fsp3) is 0.115. The molecule has 1 aliphatic heterocycles. The van der Waals surface area contributed by atoms with Crippen LogP contribution in [0.2, 0.25) is 10.0 Å². The largest absolute Gasteiger partial charge is 0.380 e. The maximum Gasteiger partial charge on any atom is 0.0892 e. The van der Waals surface area contributed by atoms with E-state index in [4.69, 9.17) is 32.9 Å². The van der Waals surface area contributed by atoms with E-state index in [0.717, 1.165) is 51.8 Å². The van der Waals surface area contributed by atoms with Crippen LogP contribution in [0.1, 0.15) is 12.0 Å². The maximum absolute atomic E-state index is 6.15. The van der Waals surface area contributed by atoms with Gasteiger partial charge >= 0.3 is 0 Å². The van der Waals surface area contributed by atoms with Crippen LogP contribution in [0.3, 0.4) is 0 Å². The molecule has 0 amide bonds. The van der Waals surface area contributed by atoms with Gasteiger partial charge in [0.2, 0.25) is 0 Å². The number of ether oxygens (including phenoxy) is 1. The molecule has 3 aromatic rings. The first kappa shape index (κ1) is 20.8. The van der Waals surface area contributed by atoms with Crippen molar-refractivity contribution in [2.24, 2.45) is 4.99 Å². The number of benzene rings is 3. The van der Waals surface area contributed by atoms with E-state index in [1.54, 1.807) is 7.11 Å². The number of halogens is 2. The summed E-state index contributed by atoms with van der Waals surface area (Å²) in [6.45, 7) is 0.543. The molecule has 4 nitrogen and oxygen atoms in total. The number of aliphatic imine (C=N–C) groups is 1. The Balaban J connectivity index is 1.56. The molecule has 160 valence electrons. The lowest BCUT2D eigenvalue weighted by Gasteiger charge is -2.34. The van der Waals surface area contributed by atoms with Crippen LogP contribution in [0, 0.1) is 0 Å². The molecule has 6 heteroatoms. The number of fused-ring (bicyclic) bond motifs is 2. The van der Waals surface area contributed by atoms with Gasteiger partial charge in [-0.25, -0.2) is 4.99 Å². The van der Waals surface area contributed by atoms with Crippen LogP contribution in [0.5, 0.6) is 0 Å². The molecule has 0 spiro atoms. The fourth-order valence-electron chi connectivity index (χ4n) is 3.94. The molecule has 1 N–H and O–H groups in total. The van der Waals surface area contributed by atoms with Gasteiger partial charge in [-0.1, -0.05) is 35.3 Å². The van der Waals surface area contributed by atoms with E-state index in [9.17, 15) is 0 Å². The summed E-state index contributed by atoms with van der Waals surface area (Å²) in [6, 6.07) is 21.8. The molecule has 0 saturated carbocycles. The highest BCUT2D eigenvalue weighted by Gasteiger charge is 2.27. The SMILES string of the molecule is COCc1ccc2c(c1)N=C1C=C(Nc3ccc(Cl)cc3)CC=C1N2c1ccc(Cl)cc1. The smallest absolute Gasteiger partial charge is 0.0892 e. The van der Waals surface area contributed by atoms with Gasteiger partial charge in [-0.2, -0.15) is 0 Å². The number of hydrogen-bond acceptors (Lipinski definition) is 4. The number of methoxy groups -OCH3 is 1. The summed E-state index contributed by atoms with van der Waals surface area (Å²) < 4.78 is 5.32. The van der Waals surface area contributed by atoms with Gasteiger partial charge < -0.3 is 15.0 Å². The Morgan fingerprint density at radius 1 is 0.969 bits per heavy atom. The van der Waals surface area contributed by atoms with Crippen molar-refractivity contribution in [2.75, 3.05) is 17.3 Å². The van der Waals surface area contributed by atoms with Crippen LogP contribution in [0.15, 0.2) is 95.3 Å². The molecule has 0 saturated heterocycles. The van der Waals surface area contributed by atoms with Gasteiger partial charge in [-0.15, -0.1) is 0 Å². The summed E-state index contributed by atoms with van der Waals surface area (Å²) in [6.07, 6.45) is 5.08. The third kappa shape index (κ3) is 4.17. The zero-order chi connectivity index (χ0) is 22.1. The molecule has 2 aliphatic rings. The first-order chi connectivity index (χ1) is 15.6. The van der Waals surface area contributed by atoms with Crippen molar-refractivity contribution in [2.45, 2.75) is 13.0 Å². The molecule has 0 fully saturated rings. The zero-order valence-corrected chi connectivity index (χ0v) is 19.0. The molecule has 0 radical (unpaired) electrons. The predicted molar refractivity (Wildman–Crippen MR) is 134 cm³/mol. The van der Waals surface area contributed by atoms with E-state index in [1.165, 1.54) is 0 Å². The van der Waals surface area contributed by atoms with Crippen molar-refractivity contribution in [3.8, 4) is 0 Å². The number of hydrogen-bond donors (Lipinski definition) is 1. The van der Waals surface area contributed by atoms with Gasteiger partial charge in [0.25, 0.3) is 0 Å². The van der Waals surface area contributed by atoms with E-state index in [1.807, 2.05) is 48.5 Å². The van der Waals surface area contributed by atoms with Crippen LogP contribution in [0.25, 0.3) is 0 Å². The number of nitrogens with zero attached hydrogens (tertiary/aromatic N) is 2. The minimum Gasteiger partial charge on any atom is -0.380 e. The summed E-state index contributed by atoms with van der Waals surface area (Å²) in [5, 5.41) is 4.91. The monoisotopic (exact) mass is 461 g/mol. The van der Waals surface area contributed by atoms with E-state index < -0.39 is 0 Å². The third-order valence-corrected chi connectivity index (χ3v) is 5.90. The normalized spacial score (nSPS) is 14.7. The van der Waals surface area contributed by atoms with Crippen molar-refractivity contribution in [3.63, 3.8) is 0 Å². The number of rotatable bonds is 5. The quantitative estimate of drug-likeness (QED) is 0.423. The highest BCUT2D eigenvalue weighted by molar-refractivity contribution is 6.31. The third-order valence-electron chi connectivity index (χ3n) is 5.40. The number of allylic oxidation sites excluding steroid dienone is 2. The van der Waals surface area contributed by atoms with E-state index in [2.05, 4.69) is 40.6 Å². The molecule has 0 unspecified atom stereocenters. The predicted octanol–water partition coefficient (Wildman–Crippen LogP) is 7.65. The van der Waals surface area contributed by atoms with Crippen LogP contribution in [-0.4, -0.2) is 12.8 Å². The Bertz CT molecular complexity index is 1250. The summed E-state index contributed by atoms with van der Waals surface area (Å²) in [5.74, 6) is 0. The lowest BCUT2D eigenvalue weighted by Crippen LogP contribution is -2.27. The second kappa shape index (κ2) is 8.83. The lowest BCUT2D eigenvalue weighted by atomic mass is 10.00. The van der Waals surface area contributed by atoms with Gasteiger partial charge in [0.1, 0.15) is 0 Å². The van der Waals surface area contributed by atoms with Crippen LogP contribution in [-0.2, 0) is 11.3 Å². The first-order valence-corrected chi connectivity index (χ1v) is 11.1. The van der Waals surface area contributed by atoms with Crippen molar-refractivity contribution < 1.29 is 4.74 Å². The van der Waals surface area contributed by atoms with Crippen LogP contribution >= 0.6 is 23.2 Å². The Hall–Kier alpha value is -3.05. The molecule has 32 heavy (non-hydrogen) atoms. The number of anilines is 3. The summed E-state index contributed by atoms with van der Waals surface area (Å²) in [5.41, 5.74) is 8.09. The molecule has 3 aromatic carbocycles. The standard InChI is InChI=1S/C26H21Cl2N3O/c1-32-16-17-2-12-25-23(14-17)30-24-15-21(29-20-7-3-18(27)4-8-20)9-13-26(24)31(25)22-10-5-19(28)6-11-22/h2-8,10-15,29H,9,16H2,1H3. The first-order valence-electron chi connectivity index (χ1n) is 10.3. The summed E-state index contributed by atoms with van der Waals surface area (Å²) in [7, 11) is 1.70. The molecular formula is C26H21Cl2N3O. The second-order valence-electron chi connectivity index (χ2n) is 7.66. The molecule has 5 rings (SSSR count). The topological polar surface area (TPSA) is 36.9 Å². The molecular weight excluding hydrogens is 441 g/mol. The van der Waals surface area contributed by atoms with Gasteiger partial charge in [0.05, 0.1) is 29.4 Å². The molecule has 0 aromatic heterocycles. The minimum absolute atomic E-state index is 0.543.